The van der Waals surface area contributed by atoms with Crippen LogP contribution >= 0.6 is 0 Å². The molecule has 1 aromatic rings. The summed E-state index contributed by atoms with van der Waals surface area (Å²) in [5.41, 5.74) is 1.86. The highest BCUT2D eigenvalue weighted by Gasteiger charge is 2.29. The summed E-state index contributed by atoms with van der Waals surface area (Å²) in [7, 11) is 1.68. The Balaban J connectivity index is 2.35. The molecule has 4 nitrogen and oxygen atoms in total. The van der Waals surface area contributed by atoms with Crippen molar-refractivity contribution in [2.45, 2.75) is 38.3 Å². The highest BCUT2D eigenvalue weighted by molar-refractivity contribution is 5.85. The average molecular weight is 262 g/mol. The van der Waals surface area contributed by atoms with Gasteiger partial charge in [-0.05, 0) is 32.3 Å². The Morgan fingerprint density at radius 1 is 1.42 bits per heavy atom. The zero-order chi connectivity index (χ0) is 13.8. The molecule has 2 unspecified atom stereocenters. The van der Waals surface area contributed by atoms with Crippen molar-refractivity contribution < 1.29 is 9.90 Å². The summed E-state index contributed by atoms with van der Waals surface area (Å²) in [5, 5.41) is 12.6. The second-order valence-electron chi connectivity index (χ2n) is 5.05. The number of carbonyl (C=O) groups excluding carboxylic acids is 1. The van der Waals surface area contributed by atoms with Crippen molar-refractivity contribution in [2.24, 2.45) is 0 Å². The van der Waals surface area contributed by atoms with Crippen LogP contribution in [0.5, 0.6) is 0 Å². The number of hydrogen-bond acceptors (Lipinski definition) is 3. The van der Waals surface area contributed by atoms with Gasteiger partial charge in [0.15, 0.2) is 0 Å². The largest absolute Gasteiger partial charge is 0.389 e. The van der Waals surface area contributed by atoms with Gasteiger partial charge in [0.05, 0.1) is 6.10 Å². The van der Waals surface area contributed by atoms with E-state index >= 15 is 0 Å². The Morgan fingerprint density at radius 2 is 2.16 bits per heavy atom. The van der Waals surface area contributed by atoms with E-state index in [2.05, 4.69) is 10.2 Å². The fourth-order valence-electron chi connectivity index (χ4n) is 2.76. The van der Waals surface area contributed by atoms with E-state index in [4.69, 9.17) is 0 Å². The van der Waals surface area contributed by atoms with Crippen LogP contribution in [-0.2, 0) is 4.79 Å². The van der Waals surface area contributed by atoms with Gasteiger partial charge in [0.2, 0.25) is 5.91 Å². The quantitative estimate of drug-likeness (QED) is 0.874. The lowest BCUT2D eigenvalue weighted by Crippen LogP contribution is -2.49. The van der Waals surface area contributed by atoms with Crippen molar-refractivity contribution in [3.8, 4) is 0 Å². The number of aliphatic hydroxyl groups is 1. The summed E-state index contributed by atoms with van der Waals surface area (Å²) in [6.45, 7) is 2.62. The normalized spacial score (nSPS) is 21.0. The van der Waals surface area contributed by atoms with Crippen molar-refractivity contribution in [1.82, 2.24) is 5.32 Å². The topological polar surface area (TPSA) is 52.6 Å². The second-order valence-corrected chi connectivity index (χ2v) is 5.05. The lowest BCUT2D eigenvalue weighted by Gasteiger charge is -2.37. The van der Waals surface area contributed by atoms with Crippen LogP contribution < -0.4 is 10.2 Å². The van der Waals surface area contributed by atoms with Gasteiger partial charge < -0.3 is 15.3 Å². The van der Waals surface area contributed by atoms with E-state index < -0.39 is 6.10 Å². The Bertz CT molecular complexity index is 446. The van der Waals surface area contributed by atoms with Gasteiger partial charge in [-0.2, -0.15) is 0 Å². The molecule has 1 amide bonds. The minimum atomic E-state index is -0.525. The van der Waals surface area contributed by atoms with Gasteiger partial charge in [0.25, 0.3) is 0 Å². The molecule has 1 heterocycles. The predicted octanol–water partition coefficient (Wildman–Crippen LogP) is 1.84. The SMILES string of the molecule is CNC(=O)C1CCCCN1c1ccccc1C(C)O. The number of anilines is 1. The number of piperidine rings is 1. The standard InChI is InChI=1S/C15H22N2O2/c1-11(18)12-7-3-4-8-13(12)17-10-6-5-9-14(17)15(19)16-2/h3-4,7-8,11,14,18H,5-6,9-10H2,1-2H3,(H,16,19). The number of hydrogen-bond donors (Lipinski definition) is 2. The number of likely N-dealkylation sites (N-methyl/N-ethyl adjacent to an activating group) is 1. The van der Waals surface area contributed by atoms with Gasteiger partial charge >= 0.3 is 0 Å². The fraction of sp³-hybridized carbons (Fsp3) is 0.533. The molecule has 2 rings (SSSR count). The first-order chi connectivity index (χ1) is 9.15. The number of nitrogens with one attached hydrogen (secondary N) is 1. The molecule has 1 aromatic carbocycles. The van der Waals surface area contributed by atoms with Gasteiger partial charge in [-0.25, -0.2) is 0 Å². The van der Waals surface area contributed by atoms with E-state index in [-0.39, 0.29) is 11.9 Å². The molecular weight excluding hydrogens is 240 g/mol. The van der Waals surface area contributed by atoms with Crippen LogP contribution in [-0.4, -0.2) is 30.6 Å². The summed E-state index contributed by atoms with van der Waals surface area (Å²) >= 11 is 0. The fourth-order valence-corrected chi connectivity index (χ4v) is 2.76. The monoisotopic (exact) mass is 262 g/mol. The molecule has 2 atom stereocenters. The lowest BCUT2D eigenvalue weighted by molar-refractivity contribution is -0.122. The number of benzene rings is 1. The first kappa shape index (κ1) is 13.9. The highest BCUT2D eigenvalue weighted by Crippen LogP contribution is 2.31. The van der Waals surface area contributed by atoms with Gasteiger partial charge in [-0.15, -0.1) is 0 Å². The maximum atomic E-state index is 12.0. The number of amides is 1. The number of carbonyl (C=O) groups is 1. The van der Waals surface area contributed by atoms with E-state index in [9.17, 15) is 9.90 Å². The van der Waals surface area contributed by atoms with Crippen molar-refractivity contribution in [3.05, 3.63) is 29.8 Å². The molecule has 0 bridgehead atoms. The molecule has 104 valence electrons. The first-order valence-electron chi connectivity index (χ1n) is 6.90. The van der Waals surface area contributed by atoms with Crippen LogP contribution in [0.25, 0.3) is 0 Å². The summed E-state index contributed by atoms with van der Waals surface area (Å²) in [6, 6.07) is 7.67. The average Bonchev–Trinajstić information content (AvgIpc) is 2.46. The molecule has 4 heteroatoms. The summed E-state index contributed by atoms with van der Waals surface area (Å²) in [6.07, 6.45) is 2.50. The van der Waals surface area contributed by atoms with Crippen molar-refractivity contribution in [2.75, 3.05) is 18.5 Å². The second kappa shape index (κ2) is 6.06. The maximum absolute atomic E-state index is 12.0. The van der Waals surface area contributed by atoms with Crippen LogP contribution in [0, 0.1) is 0 Å². The van der Waals surface area contributed by atoms with Crippen LogP contribution in [0.1, 0.15) is 37.9 Å². The number of aliphatic hydroxyl groups excluding tert-OH is 1. The molecule has 0 radical (unpaired) electrons. The first-order valence-corrected chi connectivity index (χ1v) is 6.90. The molecule has 1 aliphatic heterocycles. The Labute approximate surface area is 114 Å². The minimum Gasteiger partial charge on any atom is -0.389 e. The minimum absolute atomic E-state index is 0.0556. The zero-order valence-corrected chi connectivity index (χ0v) is 11.6. The molecule has 1 saturated heterocycles. The summed E-state index contributed by atoms with van der Waals surface area (Å²) in [4.78, 5) is 14.1. The molecular formula is C15H22N2O2. The predicted molar refractivity (Wildman–Crippen MR) is 76.1 cm³/mol. The molecule has 19 heavy (non-hydrogen) atoms. The molecule has 2 N–H and O–H groups in total. The number of para-hydroxylation sites is 1. The van der Waals surface area contributed by atoms with E-state index in [1.807, 2.05) is 24.3 Å². The van der Waals surface area contributed by atoms with Crippen molar-refractivity contribution >= 4 is 11.6 Å². The summed E-state index contributed by atoms with van der Waals surface area (Å²) in [5.74, 6) is 0.0556. The molecule has 0 aromatic heterocycles. The third-order valence-electron chi connectivity index (χ3n) is 3.75. The maximum Gasteiger partial charge on any atom is 0.242 e. The van der Waals surface area contributed by atoms with E-state index in [0.29, 0.717) is 0 Å². The Kier molecular flexibility index (Phi) is 4.43. The number of nitrogens with zero attached hydrogens (tertiary/aromatic N) is 1. The summed E-state index contributed by atoms with van der Waals surface area (Å²) < 4.78 is 0. The van der Waals surface area contributed by atoms with Gasteiger partial charge in [-0.3, -0.25) is 4.79 Å². The van der Waals surface area contributed by atoms with Gasteiger partial charge in [0.1, 0.15) is 6.04 Å². The van der Waals surface area contributed by atoms with Gasteiger partial charge in [-0.1, -0.05) is 18.2 Å². The van der Waals surface area contributed by atoms with Crippen LogP contribution in [0.3, 0.4) is 0 Å². The molecule has 1 fully saturated rings. The third-order valence-corrected chi connectivity index (χ3v) is 3.75. The van der Waals surface area contributed by atoms with Crippen LogP contribution in [0.15, 0.2) is 24.3 Å². The van der Waals surface area contributed by atoms with Crippen LogP contribution in [0.2, 0.25) is 0 Å². The lowest BCUT2D eigenvalue weighted by atomic mass is 9.98. The highest BCUT2D eigenvalue weighted by atomic mass is 16.3. The van der Waals surface area contributed by atoms with E-state index in [0.717, 1.165) is 37.1 Å². The van der Waals surface area contributed by atoms with Crippen molar-refractivity contribution in [1.29, 1.82) is 0 Å². The van der Waals surface area contributed by atoms with Crippen molar-refractivity contribution in [3.63, 3.8) is 0 Å². The smallest absolute Gasteiger partial charge is 0.242 e. The zero-order valence-electron chi connectivity index (χ0n) is 11.6. The molecule has 0 spiro atoms. The molecule has 0 saturated carbocycles. The molecule has 1 aliphatic rings. The van der Waals surface area contributed by atoms with Gasteiger partial charge in [0, 0.05) is 24.8 Å². The Hall–Kier alpha value is -1.55. The molecule has 0 aliphatic carbocycles. The van der Waals surface area contributed by atoms with E-state index in [1.54, 1.807) is 14.0 Å². The third kappa shape index (κ3) is 2.89. The van der Waals surface area contributed by atoms with E-state index in [1.165, 1.54) is 0 Å². The van der Waals surface area contributed by atoms with Crippen LogP contribution in [0.4, 0.5) is 5.69 Å². The number of rotatable bonds is 3. The Morgan fingerprint density at radius 3 is 2.84 bits per heavy atom.